The van der Waals surface area contributed by atoms with Crippen LogP contribution in [0.2, 0.25) is 0 Å². The van der Waals surface area contributed by atoms with Crippen molar-refractivity contribution in [3.05, 3.63) is 77.1 Å². The van der Waals surface area contributed by atoms with E-state index in [1.165, 1.54) is 17.5 Å². The number of anilines is 2. The molecule has 3 heterocycles. The van der Waals surface area contributed by atoms with Crippen LogP contribution in [-0.2, 0) is 6.61 Å². The van der Waals surface area contributed by atoms with Gasteiger partial charge in [-0.2, -0.15) is 0 Å². The summed E-state index contributed by atoms with van der Waals surface area (Å²) in [5.41, 5.74) is 8.16. The Morgan fingerprint density at radius 1 is 1.12 bits per heavy atom. The molecular formula is C23H21N5O4S. The van der Waals surface area contributed by atoms with E-state index in [9.17, 15) is 9.59 Å². The lowest BCUT2D eigenvalue weighted by atomic mass is 10.1. The first kappa shape index (κ1) is 22.2. The Morgan fingerprint density at radius 2 is 2.00 bits per heavy atom. The van der Waals surface area contributed by atoms with Crippen molar-refractivity contribution in [3.8, 4) is 5.75 Å². The van der Waals surface area contributed by atoms with E-state index in [0.717, 1.165) is 5.56 Å². The maximum atomic E-state index is 12.4. The van der Waals surface area contributed by atoms with E-state index < -0.39 is 0 Å². The van der Waals surface area contributed by atoms with Crippen molar-refractivity contribution in [2.45, 2.75) is 6.61 Å². The van der Waals surface area contributed by atoms with Crippen LogP contribution in [-0.4, -0.2) is 40.0 Å². The second-order valence-corrected chi connectivity index (χ2v) is 7.87. The monoisotopic (exact) mass is 463 g/mol. The summed E-state index contributed by atoms with van der Waals surface area (Å²) in [5.74, 6) is 0.214. The molecule has 0 bridgehead atoms. The van der Waals surface area contributed by atoms with Crippen molar-refractivity contribution < 1.29 is 19.4 Å². The third-order valence-corrected chi connectivity index (χ3v) is 5.79. The van der Waals surface area contributed by atoms with E-state index in [-0.39, 0.29) is 31.6 Å². The van der Waals surface area contributed by atoms with Gasteiger partial charge >= 0.3 is 0 Å². The fourth-order valence-electron chi connectivity index (χ4n) is 3.18. The first-order valence-corrected chi connectivity index (χ1v) is 10.9. The van der Waals surface area contributed by atoms with Crippen molar-refractivity contribution in [1.29, 1.82) is 0 Å². The molecule has 10 heteroatoms. The molecule has 0 aliphatic heterocycles. The lowest BCUT2D eigenvalue weighted by Crippen LogP contribution is -2.26. The molecule has 0 fully saturated rings. The fraction of sp³-hybridized carbons (Fsp3) is 0.130. The van der Waals surface area contributed by atoms with Crippen molar-refractivity contribution >= 4 is 44.7 Å². The largest absolute Gasteiger partial charge is 0.489 e. The van der Waals surface area contributed by atoms with Crippen LogP contribution in [0.4, 0.5) is 11.5 Å². The molecule has 4 rings (SSSR count). The minimum Gasteiger partial charge on any atom is -0.489 e. The number of carbonyl (C=O) groups excluding carboxylic acids is 2. The number of carbonyl (C=O) groups is 2. The van der Waals surface area contributed by atoms with Gasteiger partial charge in [-0.25, -0.2) is 4.98 Å². The van der Waals surface area contributed by atoms with Gasteiger partial charge in [0.1, 0.15) is 23.9 Å². The summed E-state index contributed by atoms with van der Waals surface area (Å²) < 4.78 is 6.63. The number of nitrogens with one attached hydrogen (secondary N) is 2. The van der Waals surface area contributed by atoms with Crippen LogP contribution in [0, 0.1) is 0 Å². The van der Waals surface area contributed by atoms with Crippen LogP contribution < -0.4 is 21.1 Å². The molecule has 0 atom stereocenters. The molecule has 0 saturated heterocycles. The van der Waals surface area contributed by atoms with Crippen LogP contribution in [0.3, 0.4) is 0 Å². The summed E-state index contributed by atoms with van der Waals surface area (Å²) in [6.07, 6.45) is 2.99. The number of nitrogens with zero attached hydrogens (tertiary/aromatic N) is 2. The summed E-state index contributed by atoms with van der Waals surface area (Å²) in [4.78, 5) is 32.9. The van der Waals surface area contributed by atoms with Gasteiger partial charge in [-0.15, -0.1) is 11.3 Å². The predicted octanol–water partition coefficient (Wildman–Crippen LogP) is 2.83. The zero-order chi connectivity index (χ0) is 23.2. The number of thiophene rings is 1. The molecule has 1 aromatic carbocycles. The Balaban J connectivity index is 1.49. The molecule has 0 spiro atoms. The van der Waals surface area contributed by atoms with Gasteiger partial charge in [-0.1, -0.05) is 12.1 Å². The number of aromatic nitrogens is 2. The highest BCUT2D eigenvalue weighted by atomic mass is 32.1. The summed E-state index contributed by atoms with van der Waals surface area (Å²) in [5, 5.41) is 16.9. The van der Waals surface area contributed by atoms with Gasteiger partial charge in [0.05, 0.1) is 16.9 Å². The summed E-state index contributed by atoms with van der Waals surface area (Å²) in [7, 11) is 0. The predicted molar refractivity (Wildman–Crippen MR) is 126 cm³/mol. The number of amides is 2. The third-order valence-electron chi connectivity index (χ3n) is 4.73. The Morgan fingerprint density at radius 3 is 2.79 bits per heavy atom. The number of ether oxygens (including phenoxy) is 1. The smallest absolute Gasteiger partial charge is 0.274 e. The molecule has 0 unspecified atom stereocenters. The molecule has 0 radical (unpaired) electrons. The highest BCUT2D eigenvalue weighted by molar-refractivity contribution is 7.17. The van der Waals surface area contributed by atoms with Crippen LogP contribution in [0.25, 0.3) is 10.1 Å². The van der Waals surface area contributed by atoms with E-state index in [1.807, 2.05) is 5.38 Å². The number of hydrogen-bond acceptors (Lipinski definition) is 8. The van der Waals surface area contributed by atoms with Gasteiger partial charge < -0.3 is 26.2 Å². The van der Waals surface area contributed by atoms with Crippen molar-refractivity contribution in [2.24, 2.45) is 0 Å². The van der Waals surface area contributed by atoms with Crippen LogP contribution in [0.15, 0.2) is 60.2 Å². The molecule has 9 nitrogen and oxygen atoms in total. The first-order valence-electron chi connectivity index (χ1n) is 10.1. The molecule has 33 heavy (non-hydrogen) atoms. The zero-order valence-corrected chi connectivity index (χ0v) is 18.3. The molecular weight excluding hydrogens is 442 g/mol. The standard InChI is InChI=1S/C23H21N5O4S/c24-21-19-14(13-33-20(19)17(11-27-21)22(30)26-8-9-29)12-32-16-5-3-4-15(10-16)28-23(31)18-6-1-2-7-25-18/h1-7,10-11,13,29H,8-9,12H2,(H2,24,27)(H,26,30)(H,28,31). The molecule has 0 aliphatic rings. The summed E-state index contributed by atoms with van der Waals surface area (Å²) >= 11 is 1.37. The topological polar surface area (TPSA) is 139 Å². The number of nitrogens with two attached hydrogens (primary N) is 1. The van der Waals surface area contributed by atoms with Crippen molar-refractivity contribution in [2.75, 3.05) is 24.2 Å². The maximum Gasteiger partial charge on any atom is 0.274 e. The number of nitrogen functional groups attached to an aromatic ring is 1. The van der Waals surface area contributed by atoms with E-state index in [0.29, 0.717) is 38.6 Å². The Hall–Kier alpha value is -4.02. The molecule has 0 saturated carbocycles. The molecule has 3 aromatic heterocycles. The van der Waals surface area contributed by atoms with Crippen LogP contribution >= 0.6 is 11.3 Å². The fourth-order valence-corrected chi connectivity index (χ4v) is 4.25. The zero-order valence-electron chi connectivity index (χ0n) is 17.4. The van der Waals surface area contributed by atoms with Gasteiger partial charge in [0.2, 0.25) is 0 Å². The second-order valence-electron chi connectivity index (χ2n) is 6.99. The van der Waals surface area contributed by atoms with E-state index in [1.54, 1.807) is 48.7 Å². The number of aliphatic hydroxyl groups excluding tert-OH is 1. The molecule has 0 aliphatic carbocycles. The first-order chi connectivity index (χ1) is 16.1. The Labute approximate surface area is 193 Å². The van der Waals surface area contributed by atoms with Gasteiger partial charge in [0.25, 0.3) is 11.8 Å². The van der Waals surface area contributed by atoms with Crippen molar-refractivity contribution in [3.63, 3.8) is 0 Å². The minimum absolute atomic E-state index is 0.151. The Bertz CT molecular complexity index is 1290. The summed E-state index contributed by atoms with van der Waals surface area (Å²) in [6, 6.07) is 12.1. The van der Waals surface area contributed by atoms with Gasteiger partial charge in [0, 0.05) is 41.6 Å². The van der Waals surface area contributed by atoms with Crippen LogP contribution in [0.5, 0.6) is 5.75 Å². The lowest BCUT2D eigenvalue weighted by Gasteiger charge is -2.10. The molecule has 168 valence electrons. The lowest BCUT2D eigenvalue weighted by molar-refractivity contribution is 0.0945. The number of hydrogen-bond donors (Lipinski definition) is 4. The SMILES string of the molecule is Nc1ncc(C(=O)NCCO)c2scc(COc3cccc(NC(=O)c4ccccn4)c3)c12. The molecule has 2 amide bonds. The maximum absolute atomic E-state index is 12.4. The van der Waals surface area contributed by atoms with E-state index in [4.69, 9.17) is 15.6 Å². The number of fused-ring (bicyclic) bond motifs is 1. The third kappa shape index (κ3) is 5.08. The van der Waals surface area contributed by atoms with Crippen LogP contribution in [0.1, 0.15) is 26.4 Å². The summed E-state index contributed by atoms with van der Waals surface area (Å²) in [6.45, 7) is 0.201. The van der Waals surface area contributed by atoms with E-state index >= 15 is 0 Å². The Kier molecular flexibility index (Phi) is 6.77. The number of aliphatic hydroxyl groups is 1. The van der Waals surface area contributed by atoms with Gasteiger partial charge in [-0.3, -0.25) is 14.6 Å². The molecule has 4 aromatic rings. The molecule has 5 N–H and O–H groups in total. The van der Waals surface area contributed by atoms with Gasteiger partial charge in [0.15, 0.2) is 0 Å². The average Bonchev–Trinajstić information content (AvgIpc) is 3.27. The van der Waals surface area contributed by atoms with Crippen molar-refractivity contribution in [1.82, 2.24) is 15.3 Å². The van der Waals surface area contributed by atoms with E-state index in [2.05, 4.69) is 20.6 Å². The minimum atomic E-state index is -0.327. The average molecular weight is 464 g/mol. The quantitative estimate of drug-likeness (QED) is 0.315. The highest BCUT2D eigenvalue weighted by Gasteiger charge is 2.17. The normalized spacial score (nSPS) is 10.7. The second kappa shape index (κ2) is 10.1. The highest BCUT2D eigenvalue weighted by Crippen LogP contribution is 2.33. The number of pyridine rings is 2. The van der Waals surface area contributed by atoms with Gasteiger partial charge in [-0.05, 0) is 29.6 Å². The number of benzene rings is 1. The number of rotatable bonds is 8.